The highest BCUT2D eigenvalue weighted by molar-refractivity contribution is 7.85. The molecule has 1 radical (unpaired) electrons. The molecule has 0 bridgehead atoms. The fourth-order valence-corrected chi connectivity index (χ4v) is 1.21. The van der Waals surface area contributed by atoms with Crippen molar-refractivity contribution in [2.45, 2.75) is 12.3 Å². The molecule has 1 aromatic rings. The molecule has 0 saturated heterocycles. The van der Waals surface area contributed by atoms with E-state index in [1.165, 1.54) is 23.9 Å². The lowest BCUT2D eigenvalue weighted by Gasteiger charge is -2.01. The Morgan fingerprint density at radius 1 is 1.42 bits per heavy atom. The Kier molecular flexibility index (Phi) is 2.44. The molecule has 1 heterocycles. The van der Waals surface area contributed by atoms with E-state index < -0.39 is 15.5 Å². The lowest BCUT2D eigenvalue weighted by atomic mass is 10.5. The highest BCUT2D eigenvalue weighted by atomic mass is 32.2. The van der Waals surface area contributed by atoms with E-state index in [0.717, 1.165) is 0 Å². The number of rotatable bonds is 2. The van der Waals surface area contributed by atoms with Crippen LogP contribution in [-0.2, 0) is 10.1 Å². The van der Waals surface area contributed by atoms with Gasteiger partial charge >= 0.3 is 10.1 Å². The monoisotopic (exact) mass is 187 g/mol. The van der Waals surface area contributed by atoms with Crippen LogP contribution in [0, 0.1) is 6.07 Å². The summed E-state index contributed by atoms with van der Waals surface area (Å²) in [5, 5.41) is -0.952. The maximum atomic E-state index is 10.7. The van der Waals surface area contributed by atoms with Crippen LogP contribution >= 0.6 is 0 Å². The van der Waals surface area contributed by atoms with Crippen LogP contribution in [0.2, 0.25) is 0 Å². The summed E-state index contributed by atoms with van der Waals surface area (Å²) in [6, 6.07) is 5.88. The van der Waals surface area contributed by atoms with Crippen LogP contribution in [0.4, 0.5) is 0 Å². The molecule has 0 aliphatic heterocycles. The molecule has 12 heavy (non-hydrogen) atoms. The Morgan fingerprint density at radius 2 is 1.92 bits per heavy atom. The average Bonchev–Trinajstić information content (AvgIpc) is 2.03. The lowest BCUT2D eigenvalue weighted by Crippen LogP contribution is -2.41. The topological polar surface area (TPSA) is 58.2 Å². The lowest BCUT2D eigenvalue weighted by molar-refractivity contribution is -0.699. The van der Waals surface area contributed by atoms with Gasteiger partial charge in [0.2, 0.25) is 0 Å². The average molecular weight is 187 g/mol. The first-order valence-electron chi connectivity index (χ1n) is 3.35. The standard InChI is InChI=1S/C7H8NO3S/c1-7(12(9,10)11)8-5-3-2-4-6-8/h3-7H,1H3/p+1. The summed E-state index contributed by atoms with van der Waals surface area (Å²) >= 11 is 0. The van der Waals surface area contributed by atoms with Crippen molar-refractivity contribution in [2.24, 2.45) is 0 Å². The molecule has 0 aromatic carbocycles. The number of nitrogens with zero attached hydrogens (tertiary/aromatic N) is 1. The summed E-state index contributed by atoms with van der Waals surface area (Å²) in [5.74, 6) is 0. The van der Waals surface area contributed by atoms with E-state index >= 15 is 0 Å². The quantitative estimate of drug-likeness (QED) is 0.530. The Hall–Kier alpha value is -0.940. The second-order valence-electron chi connectivity index (χ2n) is 2.36. The van der Waals surface area contributed by atoms with Crippen LogP contribution in [0.3, 0.4) is 0 Å². The Balaban J connectivity index is 3.02. The van der Waals surface area contributed by atoms with Gasteiger partial charge in [0, 0.05) is 19.1 Å². The summed E-state index contributed by atoms with van der Waals surface area (Å²) in [6.07, 6.45) is 3.05. The van der Waals surface area contributed by atoms with Crippen LogP contribution in [0.25, 0.3) is 0 Å². The van der Waals surface area contributed by atoms with E-state index in [2.05, 4.69) is 6.07 Å². The SMILES string of the molecule is CC([n+]1cc[c]cc1)S(=O)(=O)O. The Bertz CT molecular complexity index is 346. The molecule has 0 amide bonds. The summed E-state index contributed by atoms with van der Waals surface area (Å²) in [6.45, 7) is 1.40. The maximum absolute atomic E-state index is 10.7. The molecule has 0 spiro atoms. The van der Waals surface area contributed by atoms with Gasteiger partial charge in [-0.25, -0.2) is 0 Å². The van der Waals surface area contributed by atoms with Crippen LogP contribution in [0.1, 0.15) is 12.3 Å². The molecule has 1 unspecified atom stereocenters. The summed E-state index contributed by atoms with van der Waals surface area (Å²) in [5.41, 5.74) is 0. The van der Waals surface area contributed by atoms with Gasteiger partial charge in [0.25, 0.3) is 5.37 Å². The molecule has 0 aliphatic carbocycles. The summed E-state index contributed by atoms with van der Waals surface area (Å²) in [7, 11) is -4.01. The van der Waals surface area contributed by atoms with Gasteiger partial charge in [0.1, 0.15) is 0 Å². The molecule has 0 saturated carbocycles. The van der Waals surface area contributed by atoms with E-state index in [1.807, 2.05) is 0 Å². The van der Waals surface area contributed by atoms with Crippen LogP contribution in [0.15, 0.2) is 24.5 Å². The highest BCUT2D eigenvalue weighted by Crippen LogP contribution is 2.01. The van der Waals surface area contributed by atoms with Gasteiger partial charge in [0.15, 0.2) is 12.4 Å². The number of pyridine rings is 1. The number of hydrogen-bond donors (Lipinski definition) is 1. The number of hydrogen-bond acceptors (Lipinski definition) is 2. The second kappa shape index (κ2) is 3.20. The first kappa shape index (κ1) is 9.15. The fraction of sp³-hybridized carbons (Fsp3) is 0.286. The van der Waals surface area contributed by atoms with Crippen LogP contribution in [-0.4, -0.2) is 13.0 Å². The Labute approximate surface area is 71.2 Å². The van der Waals surface area contributed by atoms with Gasteiger partial charge in [-0.2, -0.15) is 13.0 Å². The van der Waals surface area contributed by atoms with Gasteiger partial charge in [-0.05, 0) is 6.07 Å². The second-order valence-corrected chi connectivity index (χ2v) is 4.07. The molecular formula is C7H9NO3S+. The van der Waals surface area contributed by atoms with E-state index in [1.54, 1.807) is 12.1 Å². The molecule has 1 N–H and O–H groups in total. The van der Waals surface area contributed by atoms with Crippen LogP contribution < -0.4 is 4.57 Å². The predicted molar refractivity (Wildman–Crippen MR) is 41.7 cm³/mol. The molecule has 65 valence electrons. The van der Waals surface area contributed by atoms with Crippen molar-refractivity contribution in [3.8, 4) is 0 Å². The minimum atomic E-state index is -4.01. The third-order valence-electron chi connectivity index (χ3n) is 1.54. The summed E-state index contributed by atoms with van der Waals surface area (Å²) < 4.78 is 31.4. The third kappa shape index (κ3) is 2.02. The molecule has 1 atom stereocenters. The van der Waals surface area contributed by atoms with Crippen molar-refractivity contribution in [3.63, 3.8) is 0 Å². The van der Waals surface area contributed by atoms with E-state index in [-0.39, 0.29) is 0 Å². The van der Waals surface area contributed by atoms with E-state index in [4.69, 9.17) is 4.55 Å². The van der Waals surface area contributed by atoms with Crippen molar-refractivity contribution < 1.29 is 17.5 Å². The van der Waals surface area contributed by atoms with Gasteiger partial charge in [-0.3, -0.25) is 4.55 Å². The van der Waals surface area contributed by atoms with Gasteiger partial charge < -0.3 is 0 Å². The zero-order valence-corrected chi connectivity index (χ0v) is 7.32. The largest absolute Gasteiger partial charge is 0.329 e. The van der Waals surface area contributed by atoms with Crippen molar-refractivity contribution in [1.29, 1.82) is 0 Å². The number of aromatic nitrogens is 1. The third-order valence-corrected chi connectivity index (χ3v) is 2.64. The van der Waals surface area contributed by atoms with Crippen molar-refractivity contribution in [2.75, 3.05) is 0 Å². The van der Waals surface area contributed by atoms with Gasteiger partial charge in [-0.15, -0.1) is 0 Å². The van der Waals surface area contributed by atoms with Gasteiger partial charge in [0.05, 0.1) is 0 Å². The highest BCUT2D eigenvalue weighted by Gasteiger charge is 2.25. The zero-order chi connectivity index (χ0) is 9.19. The predicted octanol–water partition coefficient (Wildman–Crippen LogP) is 0.181. The van der Waals surface area contributed by atoms with Crippen molar-refractivity contribution in [1.82, 2.24) is 0 Å². The fourth-order valence-electron chi connectivity index (χ4n) is 0.760. The molecule has 0 fully saturated rings. The maximum Gasteiger partial charge on any atom is 0.329 e. The Morgan fingerprint density at radius 3 is 2.33 bits per heavy atom. The molecule has 5 heteroatoms. The van der Waals surface area contributed by atoms with Crippen molar-refractivity contribution in [3.05, 3.63) is 30.6 Å². The van der Waals surface area contributed by atoms with Crippen molar-refractivity contribution >= 4 is 10.1 Å². The van der Waals surface area contributed by atoms with Gasteiger partial charge in [-0.1, -0.05) is 0 Å². The first-order valence-corrected chi connectivity index (χ1v) is 4.85. The first-order chi connectivity index (χ1) is 5.52. The molecule has 1 aromatic heterocycles. The van der Waals surface area contributed by atoms with E-state index in [0.29, 0.717) is 0 Å². The smallest absolute Gasteiger partial charge is 0.280 e. The zero-order valence-electron chi connectivity index (χ0n) is 6.51. The minimum absolute atomic E-state index is 0.952. The normalized spacial score (nSPS) is 14.2. The molecule has 1 rings (SSSR count). The molecule has 4 nitrogen and oxygen atoms in total. The van der Waals surface area contributed by atoms with Crippen LogP contribution in [0.5, 0.6) is 0 Å². The molecular weight excluding hydrogens is 178 g/mol. The minimum Gasteiger partial charge on any atom is -0.280 e. The summed E-state index contributed by atoms with van der Waals surface area (Å²) in [4.78, 5) is 0. The molecule has 0 aliphatic rings. The van der Waals surface area contributed by atoms with E-state index in [9.17, 15) is 8.42 Å².